The van der Waals surface area contributed by atoms with Crippen molar-refractivity contribution in [3.05, 3.63) is 35.4 Å². The number of hydrogen-bond acceptors (Lipinski definition) is 2. The number of methoxy groups -OCH3 is 1. The van der Waals surface area contributed by atoms with Crippen LogP contribution >= 0.6 is 0 Å². The molecule has 0 bridgehead atoms. The molecule has 1 aliphatic rings. The number of benzene rings is 1. The van der Waals surface area contributed by atoms with Gasteiger partial charge in [-0.25, -0.2) is 8.93 Å². The molecule has 0 saturated heterocycles. The van der Waals surface area contributed by atoms with Crippen molar-refractivity contribution in [3.63, 3.8) is 0 Å². The lowest BCUT2D eigenvalue weighted by Gasteiger charge is -2.21. The van der Waals surface area contributed by atoms with Crippen molar-refractivity contribution in [1.82, 2.24) is 4.72 Å². The summed E-state index contributed by atoms with van der Waals surface area (Å²) in [7, 11) is 0.566. The molecule has 0 heterocycles. The molecular formula is C15H21NO2S. The van der Waals surface area contributed by atoms with Crippen molar-refractivity contribution in [1.29, 1.82) is 0 Å². The van der Waals surface area contributed by atoms with Gasteiger partial charge in [0.05, 0.1) is 28.9 Å². The minimum Gasteiger partial charge on any atom is -0.497 e. The van der Waals surface area contributed by atoms with Gasteiger partial charge in [0.2, 0.25) is 0 Å². The quantitative estimate of drug-likeness (QED) is 0.922. The molecule has 1 N–H and O–H groups in total. The second kappa shape index (κ2) is 5.10. The Morgan fingerprint density at radius 3 is 2.58 bits per heavy atom. The summed E-state index contributed by atoms with van der Waals surface area (Å²) in [6.45, 7) is 7.98. The van der Waals surface area contributed by atoms with Crippen LogP contribution in [-0.4, -0.2) is 16.1 Å². The molecule has 0 fully saturated rings. The van der Waals surface area contributed by atoms with E-state index in [1.165, 1.54) is 11.1 Å². The fraction of sp³-hybridized carbons (Fsp3) is 0.467. The van der Waals surface area contributed by atoms with Crippen LogP contribution in [0.1, 0.15) is 44.9 Å². The summed E-state index contributed by atoms with van der Waals surface area (Å²) in [5.41, 5.74) is 3.54. The Hall–Kier alpha value is -1.13. The summed E-state index contributed by atoms with van der Waals surface area (Å²) in [6.07, 6.45) is 2.12. The first-order valence-electron chi connectivity index (χ1n) is 6.37. The number of fused-ring (bicyclic) bond motifs is 1. The number of ether oxygens (including phenoxy) is 1. The third-order valence-corrected chi connectivity index (χ3v) is 4.81. The van der Waals surface area contributed by atoms with Crippen molar-refractivity contribution in [2.24, 2.45) is 0 Å². The van der Waals surface area contributed by atoms with E-state index in [1.807, 2.05) is 32.9 Å². The molecule has 2 atom stereocenters. The van der Waals surface area contributed by atoms with Crippen LogP contribution in [0.3, 0.4) is 0 Å². The molecule has 0 aromatic heterocycles. The molecule has 1 aliphatic carbocycles. The monoisotopic (exact) mass is 279 g/mol. The Kier molecular flexibility index (Phi) is 3.83. The molecule has 0 radical (unpaired) electrons. The Labute approximate surface area is 117 Å². The molecule has 3 nitrogen and oxygen atoms in total. The smallest absolute Gasteiger partial charge is 0.119 e. The van der Waals surface area contributed by atoms with Crippen LogP contribution in [0.25, 0.3) is 5.57 Å². The van der Waals surface area contributed by atoms with Crippen molar-refractivity contribution in [3.8, 4) is 5.75 Å². The zero-order chi connectivity index (χ0) is 14.2. The van der Waals surface area contributed by atoms with E-state index in [1.54, 1.807) is 7.11 Å². The van der Waals surface area contributed by atoms with Crippen molar-refractivity contribution in [2.45, 2.75) is 38.5 Å². The lowest BCUT2D eigenvalue weighted by atomic mass is 10.1. The molecule has 4 heteroatoms. The summed E-state index contributed by atoms with van der Waals surface area (Å²) in [5.74, 6) is 0.829. The van der Waals surface area contributed by atoms with E-state index >= 15 is 0 Å². The van der Waals surface area contributed by atoms with Crippen LogP contribution in [0.2, 0.25) is 0 Å². The molecular weight excluding hydrogens is 258 g/mol. The molecule has 0 unspecified atom stereocenters. The first-order valence-corrected chi connectivity index (χ1v) is 7.52. The second-order valence-electron chi connectivity index (χ2n) is 5.78. The van der Waals surface area contributed by atoms with Crippen LogP contribution in [0.5, 0.6) is 5.75 Å². The van der Waals surface area contributed by atoms with Gasteiger partial charge in [0.1, 0.15) is 5.75 Å². The molecule has 2 rings (SSSR count). The highest BCUT2D eigenvalue weighted by Gasteiger charge is 2.27. The number of nitrogens with one attached hydrogen (secondary N) is 1. The average molecular weight is 279 g/mol. The second-order valence-corrected chi connectivity index (χ2v) is 7.78. The summed E-state index contributed by atoms with van der Waals surface area (Å²) < 4.78 is 20.4. The Morgan fingerprint density at radius 2 is 2.00 bits per heavy atom. The van der Waals surface area contributed by atoms with E-state index in [4.69, 9.17) is 4.74 Å². The largest absolute Gasteiger partial charge is 0.497 e. The van der Waals surface area contributed by atoms with E-state index in [9.17, 15) is 4.21 Å². The molecule has 19 heavy (non-hydrogen) atoms. The minimum absolute atomic E-state index is 0.00911. The van der Waals surface area contributed by atoms with Gasteiger partial charge in [0.25, 0.3) is 0 Å². The first kappa shape index (κ1) is 14.3. The summed E-state index contributed by atoms with van der Waals surface area (Å²) in [6, 6.07) is 6.02. The maximum absolute atomic E-state index is 12.2. The SMILES string of the molecule is COc1ccc2c(c1)[C@H](N[S@@](=O)C(C)(C)C)C=C2C. The third-order valence-electron chi connectivity index (χ3n) is 3.23. The van der Waals surface area contributed by atoms with Gasteiger partial charge >= 0.3 is 0 Å². The topological polar surface area (TPSA) is 38.3 Å². The normalized spacial score (nSPS) is 19.8. The van der Waals surface area contributed by atoms with E-state index in [0.29, 0.717) is 0 Å². The predicted molar refractivity (Wildman–Crippen MR) is 80.4 cm³/mol. The number of rotatable bonds is 3. The number of allylic oxidation sites excluding steroid dienone is 1. The maximum Gasteiger partial charge on any atom is 0.119 e. The Bertz CT molecular complexity index is 544. The standard InChI is InChI=1S/C15H21NO2S/c1-10-8-14(16-19(17)15(2,3)4)13-9-11(18-5)6-7-12(10)13/h6-9,14,16H,1-5H3/t14-,19+/m1/s1. The summed E-state index contributed by atoms with van der Waals surface area (Å²) in [4.78, 5) is 0. The fourth-order valence-electron chi connectivity index (χ4n) is 2.10. The van der Waals surface area contributed by atoms with Crippen LogP contribution in [-0.2, 0) is 11.0 Å². The highest BCUT2D eigenvalue weighted by molar-refractivity contribution is 7.84. The Balaban J connectivity index is 2.29. The summed E-state index contributed by atoms with van der Waals surface area (Å²) >= 11 is 0. The van der Waals surface area contributed by atoms with Crippen LogP contribution in [0.15, 0.2) is 24.3 Å². The van der Waals surface area contributed by atoms with Gasteiger partial charge in [-0.15, -0.1) is 0 Å². The lowest BCUT2D eigenvalue weighted by Crippen LogP contribution is -2.34. The molecule has 0 saturated carbocycles. The Morgan fingerprint density at radius 1 is 1.32 bits per heavy atom. The average Bonchev–Trinajstić information content (AvgIpc) is 2.64. The molecule has 0 spiro atoms. The van der Waals surface area contributed by atoms with Crippen LogP contribution < -0.4 is 9.46 Å². The highest BCUT2D eigenvalue weighted by atomic mass is 32.2. The zero-order valence-corrected chi connectivity index (χ0v) is 12.9. The molecule has 1 aromatic carbocycles. The molecule has 0 amide bonds. The highest BCUT2D eigenvalue weighted by Crippen LogP contribution is 2.36. The van der Waals surface area contributed by atoms with Crippen molar-refractivity contribution in [2.75, 3.05) is 7.11 Å². The van der Waals surface area contributed by atoms with Gasteiger partial charge < -0.3 is 4.74 Å². The van der Waals surface area contributed by atoms with Crippen LogP contribution in [0, 0.1) is 0 Å². The van der Waals surface area contributed by atoms with E-state index in [2.05, 4.69) is 23.8 Å². The van der Waals surface area contributed by atoms with E-state index in [0.717, 1.165) is 11.3 Å². The third kappa shape index (κ3) is 2.90. The van der Waals surface area contributed by atoms with Gasteiger partial charge in [-0.05, 0) is 56.5 Å². The fourth-order valence-corrected chi connectivity index (χ4v) is 2.88. The van der Waals surface area contributed by atoms with Gasteiger partial charge in [0.15, 0.2) is 0 Å². The zero-order valence-electron chi connectivity index (χ0n) is 12.1. The predicted octanol–water partition coefficient (Wildman–Crippen LogP) is 3.21. The van der Waals surface area contributed by atoms with Gasteiger partial charge in [0, 0.05) is 0 Å². The van der Waals surface area contributed by atoms with Gasteiger partial charge in [-0.2, -0.15) is 0 Å². The van der Waals surface area contributed by atoms with E-state index in [-0.39, 0.29) is 10.8 Å². The van der Waals surface area contributed by atoms with E-state index < -0.39 is 11.0 Å². The van der Waals surface area contributed by atoms with Crippen molar-refractivity contribution >= 4 is 16.6 Å². The van der Waals surface area contributed by atoms with Crippen molar-refractivity contribution < 1.29 is 8.95 Å². The van der Waals surface area contributed by atoms with Crippen LogP contribution in [0.4, 0.5) is 0 Å². The first-order chi connectivity index (χ1) is 8.82. The minimum atomic E-state index is -1.09. The maximum atomic E-state index is 12.2. The van der Waals surface area contributed by atoms with Gasteiger partial charge in [-0.3, -0.25) is 0 Å². The van der Waals surface area contributed by atoms with Gasteiger partial charge in [-0.1, -0.05) is 12.1 Å². The summed E-state index contributed by atoms with van der Waals surface area (Å²) in [5, 5.41) is 0. The molecule has 104 valence electrons. The molecule has 0 aliphatic heterocycles. The lowest BCUT2D eigenvalue weighted by molar-refractivity contribution is 0.414. The molecule has 1 aromatic rings. The number of hydrogen-bond donors (Lipinski definition) is 1.